The van der Waals surface area contributed by atoms with Crippen LogP contribution in [0, 0.1) is 24.7 Å². The molecule has 0 aromatic heterocycles. The van der Waals surface area contributed by atoms with E-state index in [9.17, 15) is 39.9 Å². The van der Waals surface area contributed by atoms with Gasteiger partial charge in [0.2, 0.25) is 5.91 Å². The quantitative estimate of drug-likeness (QED) is 0.307. The predicted octanol–water partition coefficient (Wildman–Crippen LogP) is 0.563. The van der Waals surface area contributed by atoms with Gasteiger partial charge < -0.3 is 36.2 Å². The summed E-state index contributed by atoms with van der Waals surface area (Å²) in [6.07, 6.45) is -1.69. The van der Waals surface area contributed by atoms with Gasteiger partial charge in [-0.25, -0.2) is 0 Å². The first-order valence-electron chi connectivity index (χ1n) is 12.5. The molecule has 204 valence electrons. The van der Waals surface area contributed by atoms with Crippen LogP contribution >= 0.6 is 0 Å². The molecule has 2 aromatic rings. The Morgan fingerprint density at radius 2 is 1.67 bits per heavy atom. The molecule has 5 rings (SSSR count). The molecule has 39 heavy (non-hydrogen) atoms. The molecule has 2 unspecified atom stereocenters. The number of aryl methyl sites for hydroxylation is 1. The molecule has 0 heterocycles. The van der Waals surface area contributed by atoms with Gasteiger partial charge in [-0.15, -0.1) is 0 Å². The molecule has 10 nitrogen and oxygen atoms in total. The maximum Gasteiger partial charge on any atom is 0.230 e. The molecule has 0 radical (unpaired) electrons. The van der Waals surface area contributed by atoms with Gasteiger partial charge in [-0.05, 0) is 43.8 Å². The minimum absolute atomic E-state index is 0.165. The van der Waals surface area contributed by atoms with Gasteiger partial charge in [-0.1, -0.05) is 48.0 Å². The predicted molar refractivity (Wildman–Crippen MR) is 140 cm³/mol. The summed E-state index contributed by atoms with van der Waals surface area (Å²) in [4.78, 5) is 41.0. The summed E-state index contributed by atoms with van der Waals surface area (Å²) < 4.78 is 0. The SMILES string of the molecule is Cc1ccc(/C=C2\c3cccc(O)c3C(=O)C3=C(O)[C@]4(O)C(=O)C(C(N)=O)C(O)[C@@H](N(C)C)[C@@H]4[C@@H](O)[C@@H]32)cc1. The fourth-order valence-corrected chi connectivity index (χ4v) is 6.51. The van der Waals surface area contributed by atoms with E-state index in [1.54, 1.807) is 18.2 Å². The fourth-order valence-electron chi connectivity index (χ4n) is 6.51. The number of ketones is 2. The van der Waals surface area contributed by atoms with Crippen molar-refractivity contribution in [3.8, 4) is 5.75 Å². The smallest absolute Gasteiger partial charge is 0.230 e. The van der Waals surface area contributed by atoms with E-state index in [-0.39, 0.29) is 11.3 Å². The van der Waals surface area contributed by atoms with Crippen molar-refractivity contribution < 1.29 is 39.9 Å². The van der Waals surface area contributed by atoms with Gasteiger partial charge >= 0.3 is 0 Å². The normalized spacial score (nSPS) is 33.2. The molecule has 3 aliphatic carbocycles. The Hall–Kier alpha value is -3.83. The number of rotatable bonds is 3. The number of carbonyl (C=O) groups excluding carboxylic acids is 3. The molecular weight excluding hydrogens is 504 g/mol. The van der Waals surface area contributed by atoms with Crippen LogP contribution in [0.2, 0.25) is 0 Å². The average Bonchev–Trinajstić information content (AvgIpc) is 2.86. The van der Waals surface area contributed by atoms with E-state index < -0.39 is 70.4 Å². The van der Waals surface area contributed by atoms with E-state index in [4.69, 9.17) is 5.73 Å². The minimum atomic E-state index is -2.91. The van der Waals surface area contributed by atoms with Crippen LogP contribution in [0.5, 0.6) is 5.75 Å². The molecule has 0 aliphatic heterocycles. The highest BCUT2D eigenvalue weighted by Gasteiger charge is 2.69. The molecule has 0 bridgehead atoms. The lowest BCUT2D eigenvalue weighted by molar-refractivity contribution is -0.191. The standard InChI is InChI=1S/C29H30N2O8/c1-12-7-9-13(10-8-12)11-15-14-5-4-6-16(32)17(14)23(33)19-18(15)24(34)21-22(31(2)3)25(35)20(28(30)38)27(37)29(21,39)26(19)36/h4-11,18,20-22,24-25,32,34-36,39H,1-3H3,(H2,30,38)/b15-11+/t18-,20?,21-,22+,24+,25?,29+/m1/s1. The highest BCUT2D eigenvalue weighted by Crippen LogP contribution is 2.55. The first kappa shape index (κ1) is 26.8. The Bertz CT molecular complexity index is 1460. The molecule has 1 fully saturated rings. The van der Waals surface area contributed by atoms with E-state index in [0.29, 0.717) is 16.7 Å². The Balaban J connectivity index is 1.84. The lowest BCUT2D eigenvalue weighted by atomic mass is 9.54. The number of benzene rings is 2. The van der Waals surface area contributed by atoms with Crippen molar-refractivity contribution in [2.75, 3.05) is 14.1 Å². The molecule has 7 atom stereocenters. The second-order valence-corrected chi connectivity index (χ2v) is 10.8. The highest BCUT2D eigenvalue weighted by atomic mass is 16.4. The van der Waals surface area contributed by atoms with Crippen LogP contribution in [-0.2, 0) is 9.59 Å². The number of phenols is 1. The summed E-state index contributed by atoms with van der Waals surface area (Å²) in [7, 11) is 3.04. The average molecular weight is 535 g/mol. The van der Waals surface area contributed by atoms with E-state index in [1.165, 1.54) is 25.1 Å². The summed E-state index contributed by atoms with van der Waals surface area (Å²) in [6.45, 7) is 1.92. The lowest BCUT2D eigenvalue weighted by Crippen LogP contribution is -2.74. The third-order valence-electron chi connectivity index (χ3n) is 8.30. The van der Waals surface area contributed by atoms with E-state index in [0.717, 1.165) is 5.56 Å². The fraction of sp³-hybridized carbons (Fsp3) is 0.345. The number of likely N-dealkylation sites (N-methyl/N-ethyl adjacent to an activating group) is 1. The number of aliphatic hydroxyl groups excluding tert-OH is 3. The number of hydrogen-bond acceptors (Lipinski definition) is 9. The van der Waals surface area contributed by atoms with Gasteiger partial charge in [0, 0.05) is 17.9 Å². The molecule has 0 saturated heterocycles. The van der Waals surface area contributed by atoms with Crippen LogP contribution in [0.25, 0.3) is 11.6 Å². The summed E-state index contributed by atoms with van der Waals surface area (Å²) in [6, 6.07) is 10.6. The van der Waals surface area contributed by atoms with Crippen molar-refractivity contribution >= 4 is 29.1 Å². The van der Waals surface area contributed by atoms with Crippen molar-refractivity contribution in [1.29, 1.82) is 0 Å². The van der Waals surface area contributed by atoms with E-state index >= 15 is 0 Å². The van der Waals surface area contributed by atoms with Crippen LogP contribution in [0.15, 0.2) is 53.8 Å². The molecule has 1 saturated carbocycles. The van der Waals surface area contributed by atoms with Crippen LogP contribution in [0.1, 0.15) is 27.0 Å². The molecule has 0 spiro atoms. The minimum Gasteiger partial charge on any atom is -0.508 e. The largest absolute Gasteiger partial charge is 0.508 e. The second kappa shape index (κ2) is 9.13. The molecule has 2 aromatic carbocycles. The first-order chi connectivity index (χ1) is 18.3. The highest BCUT2D eigenvalue weighted by molar-refractivity contribution is 6.20. The van der Waals surface area contributed by atoms with Crippen molar-refractivity contribution in [2.45, 2.75) is 30.8 Å². The summed E-state index contributed by atoms with van der Waals surface area (Å²) in [5.74, 6) is -9.54. The summed E-state index contributed by atoms with van der Waals surface area (Å²) in [5.41, 5.74) is 4.23. The number of nitrogens with two attached hydrogens (primary N) is 1. The number of aromatic hydroxyl groups is 1. The number of phenolic OH excluding ortho intramolecular Hbond substituents is 1. The topological polar surface area (TPSA) is 182 Å². The van der Waals surface area contributed by atoms with Gasteiger partial charge in [-0.2, -0.15) is 0 Å². The van der Waals surface area contributed by atoms with Gasteiger partial charge in [-0.3, -0.25) is 14.4 Å². The number of carbonyl (C=O) groups is 3. The molecule has 10 heteroatoms. The number of amides is 1. The van der Waals surface area contributed by atoms with Crippen molar-refractivity contribution in [3.63, 3.8) is 0 Å². The molecule has 1 amide bonds. The van der Waals surface area contributed by atoms with Gasteiger partial charge in [0.25, 0.3) is 0 Å². The van der Waals surface area contributed by atoms with Crippen LogP contribution in [0.4, 0.5) is 0 Å². The Morgan fingerprint density at radius 1 is 1.03 bits per heavy atom. The lowest BCUT2D eigenvalue weighted by Gasteiger charge is -2.55. The van der Waals surface area contributed by atoms with Crippen molar-refractivity contribution in [1.82, 2.24) is 4.90 Å². The van der Waals surface area contributed by atoms with Gasteiger partial charge in [0.15, 0.2) is 17.2 Å². The summed E-state index contributed by atoms with van der Waals surface area (Å²) in [5, 5.41) is 57.0. The Kier molecular flexibility index (Phi) is 6.27. The zero-order valence-electron chi connectivity index (χ0n) is 21.6. The van der Waals surface area contributed by atoms with Crippen molar-refractivity contribution in [2.24, 2.45) is 23.5 Å². The third-order valence-corrected chi connectivity index (χ3v) is 8.30. The summed E-state index contributed by atoms with van der Waals surface area (Å²) >= 11 is 0. The molecular formula is C29H30N2O8. The van der Waals surface area contributed by atoms with Crippen LogP contribution < -0.4 is 5.73 Å². The van der Waals surface area contributed by atoms with Crippen molar-refractivity contribution in [3.05, 3.63) is 76.1 Å². The zero-order chi connectivity index (χ0) is 28.5. The van der Waals surface area contributed by atoms with Gasteiger partial charge in [0.1, 0.15) is 17.4 Å². The Labute approximate surface area is 224 Å². The first-order valence-corrected chi connectivity index (χ1v) is 12.5. The molecule has 3 aliphatic rings. The number of fused-ring (bicyclic) bond motifs is 3. The second-order valence-electron chi connectivity index (χ2n) is 10.8. The molecule has 7 N–H and O–H groups in total. The van der Waals surface area contributed by atoms with E-state index in [1.807, 2.05) is 31.2 Å². The maximum absolute atomic E-state index is 13.8. The number of Topliss-reactive ketones (excluding diaryl/α,β-unsaturated/α-hetero) is 2. The third kappa shape index (κ3) is 3.67. The number of hydrogen-bond donors (Lipinski definition) is 6. The number of aliphatic hydroxyl groups is 4. The number of primary amides is 1. The van der Waals surface area contributed by atoms with Crippen LogP contribution in [0.3, 0.4) is 0 Å². The number of nitrogens with zero attached hydrogens (tertiary/aromatic N) is 1. The Morgan fingerprint density at radius 3 is 2.26 bits per heavy atom. The monoisotopic (exact) mass is 534 g/mol. The van der Waals surface area contributed by atoms with E-state index in [2.05, 4.69) is 0 Å². The van der Waals surface area contributed by atoms with Gasteiger partial charge in [0.05, 0.1) is 23.3 Å². The zero-order valence-corrected chi connectivity index (χ0v) is 21.6. The van der Waals surface area contributed by atoms with Crippen LogP contribution in [-0.4, -0.2) is 85.9 Å². The maximum atomic E-state index is 13.8.